The van der Waals surface area contributed by atoms with Gasteiger partial charge in [-0.15, -0.1) is 0 Å². The Morgan fingerprint density at radius 2 is 1.60 bits per heavy atom. The van der Waals surface area contributed by atoms with Gasteiger partial charge in [0.2, 0.25) is 0 Å². The van der Waals surface area contributed by atoms with Crippen LogP contribution in [0.1, 0.15) is 65.2 Å². The van der Waals surface area contributed by atoms with Gasteiger partial charge in [-0.05, 0) is 19.8 Å². The molecular formula is C15H29NaO4. The molecule has 1 heterocycles. The second-order valence-electron chi connectivity index (χ2n) is 5.83. The standard InChI is InChI=1S/C15H28O4.Na.H/c1-3-4-5-6-7-8-9-10-13-18-11-15(2,12-19-13)14(16)17;;/h13H,3-12H2,1-2H3,(H,16,17);;. The second kappa shape index (κ2) is 11.0. The molecule has 0 radical (unpaired) electrons. The van der Waals surface area contributed by atoms with Crippen LogP contribution in [0.3, 0.4) is 0 Å². The van der Waals surface area contributed by atoms with Crippen LogP contribution in [0.15, 0.2) is 0 Å². The minimum absolute atomic E-state index is 0. The first-order valence-electron chi connectivity index (χ1n) is 7.55. The van der Waals surface area contributed by atoms with Crippen molar-refractivity contribution in [3.8, 4) is 0 Å². The van der Waals surface area contributed by atoms with Gasteiger partial charge in [-0.25, -0.2) is 0 Å². The van der Waals surface area contributed by atoms with Gasteiger partial charge in [0.25, 0.3) is 0 Å². The molecule has 1 fully saturated rings. The number of aliphatic carboxylic acids is 1. The first kappa shape index (κ1) is 20.4. The zero-order valence-corrected chi connectivity index (χ0v) is 12.3. The van der Waals surface area contributed by atoms with Crippen LogP contribution in [0, 0.1) is 5.41 Å². The molecule has 0 amide bonds. The van der Waals surface area contributed by atoms with Crippen molar-refractivity contribution in [3.05, 3.63) is 0 Å². The predicted octanol–water partition coefficient (Wildman–Crippen LogP) is 2.94. The van der Waals surface area contributed by atoms with Crippen molar-refractivity contribution in [1.82, 2.24) is 0 Å². The van der Waals surface area contributed by atoms with Gasteiger partial charge < -0.3 is 14.6 Å². The molecule has 1 aliphatic heterocycles. The van der Waals surface area contributed by atoms with E-state index in [4.69, 9.17) is 14.6 Å². The molecule has 0 saturated carbocycles. The molecular weight excluding hydrogens is 267 g/mol. The van der Waals surface area contributed by atoms with Crippen LogP contribution >= 0.6 is 0 Å². The molecule has 114 valence electrons. The van der Waals surface area contributed by atoms with E-state index in [1.54, 1.807) is 6.92 Å². The van der Waals surface area contributed by atoms with Gasteiger partial charge in [-0.1, -0.05) is 45.4 Å². The Hall–Kier alpha value is 0.390. The normalized spacial score (nSPS) is 26.0. The summed E-state index contributed by atoms with van der Waals surface area (Å²) in [5, 5.41) is 9.04. The third kappa shape index (κ3) is 7.41. The first-order chi connectivity index (χ1) is 9.08. The second-order valence-corrected chi connectivity index (χ2v) is 5.83. The average Bonchev–Trinajstić information content (AvgIpc) is 2.40. The van der Waals surface area contributed by atoms with Crippen LogP contribution in [-0.2, 0) is 14.3 Å². The number of hydrogen-bond acceptors (Lipinski definition) is 3. The Morgan fingerprint density at radius 3 is 2.10 bits per heavy atom. The van der Waals surface area contributed by atoms with Crippen molar-refractivity contribution >= 4 is 35.5 Å². The molecule has 1 saturated heterocycles. The van der Waals surface area contributed by atoms with Crippen molar-refractivity contribution in [1.29, 1.82) is 0 Å². The zero-order chi connectivity index (χ0) is 14.1. The van der Waals surface area contributed by atoms with Crippen LogP contribution in [0.5, 0.6) is 0 Å². The summed E-state index contributed by atoms with van der Waals surface area (Å²) in [6.45, 7) is 4.40. The maximum atomic E-state index is 11.0. The fourth-order valence-electron chi connectivity index (χ4n) is 2.20. The Morgan fingerprint density at radius 1 is 1.10 bits per heavy atom. The van der Waals surface area contributed by atoms with Crippen LogP contribution in [-0.4, -0.2) is 60.1 Å². The first-order valence-corrected chi connectivity index (χ1v) is 7.55. The molecule has 5 heteroatoms. The van der Waals surface area contributed by atoms with Crippen molar-refractivity contribution in [2.45, 2.75) is 71.5 Å². The summed E-state index contributed by atoms with van der Waals surface area (Å²) >= 11 is 0. The van der Waals surface area contributed by atoms with Gasteiger partial charge in [-0.3, -0.25) is 4.79 Å². The summed E-state index contributed by atoms with van der Waals surface area (Å²) < 4.78 is 11.0. The van der Waals surface area contributed by atoms with Gasteiger partial charge in [0, 0.05) is 0 Å². The molecule has 20 heavy (non-hydrogen) atoms. The van der Waals surface area contributed by atoms with Crippen LogP contribution in [0.25, 0.3) is 0 Å². The van der Waals surface area contributed by atoms with Crippen LogP contribution < -0.4 is 0 Å². The van der Waals surface area contributed by atoms with E-state index >= 15 is 0 Å². The third-order valence-electron chi connectivity index (χ3n) is 3.74. The van der Waals surface area contributed by atoms with Gasteiger partial charge >= 0.3 is 35.5 Å². The van der Waals surface area contributed by atoms with Crippen molar-refractivity contribution in [3.63, 3.8) is 0 Å². The third-order valence-corrected chi connectivity index (χ3v) is 3.74. The van der Waals surface area contributed by atoms with E-state index in [9.17, 15) is 4.79 Å². The van der Waals surface area contributed by atoms with E-state index in [0.29, 0.717) is 0 Å². The summed E-state index contributed by atoms with van der Waals surface area (Å²) in [6, 6.07) is 0. The summed E-state index contributed by atoms with van der Waals surface area (Å²) in [5.74, 6) is -0.845. The molecule has 0 bridgehead atoms. The Kier molecular flexibility index (Phi) is 11.2. The molecule has 0 aromatic heterocycles. The summed E-state index contributed by atoms with van der Waals surface area (Å²) in [7, 11) is 0. The number of rotatable bonds is 9. The van der Waals surface area contributed by atoms with Crippen molar-refractivity contribution in [2.75, 3.05) is 13.2 Å². The van der Waals surface area contributed by atoms with E-state index in [-0.39, 0.29) is 49.1 Å². The molecule has 0 atom stereocenters. The summed E-state index contributed by atoms with van der Waals surface area (Å²) in [5.41, 5.74) is -0.878. The summed E-state index contributed by atoms with van der Waals surface area (Å²) in [6.07, 6.45) is 9.53. The van der Waals surface area contributed by atoms with E-state index in [0.717, 1.165) is 12.8 Å². The van der Waals surface area contributed by atoms with Gasteiger partial charge in [0.1, 0.15) is 5.41 Å². The van der Waals surface area contributed by atoms with Crippen LogP contribution in [0.4, 0.5) is 0 Å². The molecule has 0 aliphatic carbocycles. The molecule has 1 rings (SSSR count). The van der Waals surface area contributed by atoms with Gasteiger partial charge in [0.15, 0.2) is 6.29 Å². The van der Waals surface area contributed by atoms with Crippen molar-refractivity contribution < 1.29 is 19.4 Å². The number of carboxylic acids is 1. The average molecular weight is 296 g/mol. The van der Waals surface area contributed by atoms with Gasteiger partial charge in [-0.2, -0.15) is 0 Å². The monoisotopic (exact) mass is 296 g/mol. The number of unbranched alkanes of at least 4 members (excludes halogenated alkanes) is 6. The molecule has 1 aliphatic rings. The number of hydrogen-bond donors (Lipinski definition) is 1. The Bertz CT molecular complexity index is 263. The number of ether oxygens (including phenoxy) is 2. The number of carboxylic acid groups (broad SMARTS) is 1. The topological polar surface area (TPSA) is 55.8 Å². The summed E-state index contributed by atoms with van der Waals surface area (Å²) in [4.78, 5) is 11.0. The molecule has 0 aromatic carbocycles. The quantitative estimate of drug-likeness (QED) is 0.525. The fourth-order valence-corrected chi connectivity index (χ4v) is 2.20. The maximum absolute atomic E-state index is 11.0. The van der Waals surface area contributed by atoms with E-state index < -0.39 is 11.4 Å². The predicted molar refractivity (Wildman–Crippen MR) is 81.2 cm³/mol. The Labute approximate surface area is 144 Å². The van der Waals surface area contributed by atoms with E-state index in [2.05, 4.69) is 6.92 Å². The van der Waals surface area contributed by atoms with Crippen LogP contribution in [0.2, 0.25) is 0 Å². The fraction of sp³-hybridized carbons (Fsp3) is 0.933. The van der Waals surface area contributed by atoms with Crippen molar-refractivity contribution in [2.24, 2.45) is 5.41 Å². The minimum atomic E-state index is -0.878. The van der Waals surface area contributed by atoms with Gasteiger partial charge in [0.05, 0.1) is 13.2 Å². The molecule has 0 aromatic rings. The number of carbonyl (C=O) groups is 1. The molecule has 4 nitrogen and oxygen atoms in total. The Balaban J connectivity index is 0.00000361. The van der Waals surface area contributed by atoms with E-state index in [1.807, 2.05) is 0 Å². The van der Waals surface area contributed by atoms with E-state index in [1.165, 1.54) is 38.5 Å². The molecule has 0 unspecified atom stereocenters. The SMILES string of the molecule is CCCCCCCCCC1OCC(C)(C(=O)O)CO1.[NaH]. The zero-order valence-electron chi connectivity index (χ0n) is 12.3. The molecule has 1 N–H and O–H groups in total. The molecule has 0 spiro atoms.